The summed E-state index contributed by atoms with van der Waals surface area (Å²) >= 11 is 0. The van der Waals surface area contributed by atoms with Gasteiger partial charge >= 0.3 is 0 Å². The number of aromatic nitrogens is 3. The van der Waals surface area contributed by atoms with E-state index in [1.165, 1.54) is 27.1 Å². The van der Waals surface area contributed by atoms with Crippen LogP contribution in [0.15, 0.2) is 73.1 Å². The number of pyridine rings is 1. The average Bonchev–Trinajstić information content (AvgIpc) is 3.14. The molecular formula is C19H13N3. The van der Waals surface area contributed by atoms with Gasteiger partial charge in [0.1, 0.15) is 11.5 Å². The van der Waals surface area contributed by atoms with Crippen molar-refractivity contribution >= 4 is 32.7 Å². The molecule has 0 atom stereocenters. The third kappa shape index (κ3) is 1.42. The SMILES string of the molecule is c1ccc2c(-n3c4ccccc4c4cccnc43)[nH]cc2c1. The van der Waals surface area contributed by atoms with Crippen molar-refractivity contribution in [3.8, 4) is 5.82 Å². The summed E-state index contributed by atoms with van der Waals surface area (Å²) in [5, 5.41) is 4.82. The van der Waals surface area contributed by atoms with Gasteiger partial charge in [-0.15, -0.1) is 0 Å². The van der Waals surface area contributed by atoms with Crippen molar-refractivity contribution in [1.29, 1.82) is 0 Å². The number of H-pyrrole nitrogens is 1. The van der Waals surface area contributed by atoms with E-state index in [0.717, 1.165) is 11.5 Å². The number of benzene rings is 2. The molecule has 0 amide bonds. The lowest BCUT2D eigenvalue weighted by Gasteiger charge is -2.05. The topological polar surface area (TPSA) is 33.6 Å². The molecule has 0 aliphatic rings. The fraction of sp³-hybridized carbons (Fsp3) is 0. The first kappa shape index (κ1) is 11.6. The lowest BCUT2D eigenvalue weighted by molar-refractivity contribution is 1.09. The van der Waals surface area contributed by atoms with E-state index in [1.807, 2.05) is 18.5 Å². The van der Waals surface area contributed by atoms with E-state index < -0.39 is 0 Å². The van der Waals surface area contributed by atoms with Crippen LogP contribution in [0.5, 0.6) is 0 Å². The molecule has 5 aromatic rings. The summed E-state index contributed by atoms with van der Waals surface area (Å²) in [6.45, 7) is 0. The zero-order valence-electron chi connectivity index (χ0n) is 11.8. The normalized spacial score (nSPS) is 11.6. The summed E-state index contributed by atoms with van der Waals surface area (Å²) in [4.78, 5) is 8.05. The summed E-state index contributed by atoms with van der Waals surface area (Å²) < 4.78 is 2.22. The number of nitrogens with one attached hydrogen (secondary N) is 1. The van der Waals surface area contributed by atoms with Gasteiger partial charge in [0.2, 0.25) is 0 Å². The first-order valence-electron chi connectivity index (χ1n) is 7.34. The first-order valence-corrected chi connectivity index (χ1v) is 7.34. The van der Waals surface area contributed by atoms with E-state index in [2.05, 4.69) is 69.1 Å². The minimum atomic E-state index is 0.983. The second-order valence-corrected chi connectivity index (χ2v) is 5.45. The summed E-state index contributed by atoms with van der Waals surface area (Å²) in [5.74, 6) is 1.07. The van der Waals surface area contributed by atoms with E-state index in [0.29, 0.717) is 0 Å². The highest BCUT2D eigenvalue weighted by Gasteiger charge is 2.14. The monoisotopic (exact) mass is 283 g/mol. The second kappa shape index (κ2) is 4.21. The molecule has 104 valence electrons. The van der Waals surface area contributed by atoms with Crippen molar-refractivity contribution < 1.29 is 0 Å². The highest BCUT2D eigenvalue weighted by Crippen LogP contribution is 2.32. The van der Waals surface area contributed by atoms with Crippen molar-refractivity contribution in [2.75, 3.05) is 0 Å². The molecule has 3 heteroatoms. The van der Waals surface area contributed by atoms with Crippen LogP contribution in [0, 0.1) is 0 Å². The van der Waals surface area contributed by atoms with E-state index >= 15 is 0 Å². The standard InChI is InChI=1S/C19H13N3/c1-2-7-14-13(6-1)12-21-18(14)22-17-10-4-3-8-15(17)16-9-5-11-20-19(16)22/h1-12,21H. The van der Waals surface area contributed by atoms with Gasteiger partial charge in [-0.3, -0.25) is 4.57 Å². The minimum absolute atomic E-state index is 0.983. The minimum Gasteiger partial charge on any atom is -0.347 e. The number of rotatable bonds is 1. The lowest BCUT2D eigenvalue weighted by atomic mass is 10.2. The molecule has 3 aromatic heterocycles. The molecule has 0 saturated heterocycles. The average molecular weight is 283 g/mol. The van der Waals surface area contributed by atoms with E-state index in [-0.39, 0.29) is 0 Å². The molecule has 3 nitrogen and oxygen atoms in total. The number of nitrogens with zero attached hydrogens (tertiary/aromatic N) is 2. The molecule has 0 unspecified atom stereocenters. The van der Waals surface area contributed by atoms with Gasteiger partial charge in [-0.25, -0.2) is 4.98 Å². The molecule has 0 radical (unpaired) electrons. The van der Waals surface area contributed by atoms with Crippen LogP contribution in [0.2, 0.25) is 0 Å². The summed E-state index contributed by atoms with van der Waals surface area (Å²) in [6.07, 6.45) is 3.90. The van der Waals surface area contributed by atoms with Gasteiger partial charge in [-0.05, 0) is 18.2 Å². The molecule has 0 aliphatic carbocycles. The Bertz CT molecular complexity index is 1080. The molecule has 0 fully saturated rings. The molecule has 5 rings (SSSR count). The predicted molar refractivity (Wildman–Crippen MR) is 90.4 cm³/mol. The first-order chi connectivity index (χ1) is 10.9. The van der Waals surface area contributed by atoms with Crippen LogP contribution in [0.3, 0.4) is 0 Å². The van der Waals surface area contributed by atoms with E-state index in [1.54, 1.807) is 0 Å². The largest absolute Gasteiger partial charge is 0.347 e. The number of aromatic amines is 1. The summed E-state index contributed by atoms with van der Waals surface area (Å²) in [7, 11) is 0. The van der Waals surface area contributed by atoms with Crippen molar-refractivity contribution in [2.24, 2.45) is 0 Å². The third-order valence-electron chi connectivity index (χ3n) is 4.24. The number of hydrogen-bond acceptors (Lipinski definition) is 1. The Morgan fingerprint density at radius 1 is 0.773 bits per heavy atom. The van der Waals surface area contributed by atoms with Crippen LogP contribution in [0.4, 0.5) is 0 Å². The fourth-order valence-corrected chi connectivity index (χ4v) is 3.27. The number of hydrogen-bond donors (Lipinski definition) is 1. The Balaban J connectivity index is 2.02. The van der Waals surface area contributed by atoms with Gasteiger partial charge < -0.3 is 4.98 Å². The van der Waals surface area contributed by atoms with Crippen molar-refractivity contribution in [3.63, 3.8) is 0 Å². The Labute approximate surface area is 126 Å². The maximum absolute atomic E-state index is 4.62. The summed E-state index contributed by atoms with van der Waals surface area (Å²) in [5.41, 5.74) is 2.15. The fourth-order valence-electron chi connectivity index (χ4n) is 3.27. The van der Waals surface area contributed by atoms with Crippen LogP contribution < -0.4 is 0 Å². The van der Waals surface area contributed by atoms with Crippen LogP contribution >= 0.6 is 0 Å². The Morgan fingerprint density at radius 3 is 2.50 bits per heavy atom. The highest BCUT2D eigenvalue weighted by atomic mass is 15.1. The van der Waals surface area contributed by atoms with Gasteiger partial charge in [-0.2, -0.15) is 0 Å². The molecule has 22 heavy (non-hydrogen) atoms. The molecule has 0 aliphatic heterocycles. The van der Waals surface area contributed by atoms with Crippen LogP contribution in [-0.2, 0) is 0 Å². The van der Waals surface area contributed by atoms with Crippen LogP contribution in [0.1, 0.15) is 0 Å². The molecule has 3 heterocycles. The number of para-hydroxylation sites is 1. The zero-order valence-corrected chi connectivity index (χ0v) is 11.8. The lowest BCUT2D eigenvalue weighted by Crippen LogP contribution is -1.95. The Hall–Kier alpha value is -3.07. The summed E-state index contributed by atoms with van der Waals surface area (Å²) in [6, 6.07) is 21.0. The highest BCUT2D eigenvalue weighted by molar-refractivity contribution is 6.08. The van der Waals surface area contributed by atoms with E-state index in [9.17, 15) is 0 Å². The van der Waals surface area contributed by atoms with Gasteiger partial charge in [0.25, 0.3) is 0 Å². The predicted octanol–water partition coefficient (Wildman–Crippen LogP) is 4.66. The molecule has 0 bridgehead atoms. The van der Waals surface area contributed by atoms with E-state index in [4.69, 9.17) is 0 Å². The van der Waals surface area contributed by atoms with Crippen LogP contribution in [0.25, 0.3) is 38.5 Å². The molecule has 0 spiro atoms. The van der Waals surface area contributed by atoms with Gasteiger partial charge in [0.05, 0.1) is 5.52 Å². The van der Waals surface area contributed by atoms with Gasteiger partial charge in [0.15, 0.2) is 0 Å². The Kier molecular flexibility index (Phi) is 2.22. The second-order valence-electron chi connectivity index (χ2n) is 5.45. The van der Waals surface area contributed by atoms with Gasteiger partial charge in [0, 0.05) is 33.9 Å². The maximum atomic E-state index is 4.62. The Morgan fingerprint density at radius 2 is 1.55 bits per heavy atom. The van der Waals surface area contributed by atoms with Crippen molar-refractivity contribution in [3.05, 3.63) is 73.1 Å². The quantitative estimate of drug-likeness (QED) is 0.477. The van der Waals surface area contributed by atoms with Crippen molar-refractivity contribution in [1.82, 2.24) is 14.5 Å². The molecule has 1 N–H and O–H groups in total. The zero-order chi connectivity index (χ0) is 14.5. The maximum Gasteiger partial charge on any atom is 0.146 e. The number of fused-ring (bicyclic) bond motifs is 4. The molecule has 2 aromatic carbocycles. The smallest absolute Gasteiger partial charge is 0.146 e. The van der Waals surface area contributed by atoms with Crippen molar-refractivity contribution in [2.45, 2.75) is 0 Å². The molecule has 0 saturated carbocycles. The van der Waals surface area contributed by atoms with Crippen LogP contribution in [-0.4, -0.2) is 14.5 Å². The molecular weight excluding hydrogens is 270 g/mol. The van der Waals surface area contributed by atoms with Gasteiger partial charge in [-0.1, -0.05) is 42.5 Å². The third-order valence-corrected chi connectivity index (χ3v) is 4.24.